The second-order valence-electron chi connectivity index (χ2n) is 19.7. The third kappa shape index (κ3) is 12.1. The number of rotatable bonds is 18. The zero-order chi connectivity index (χ0) is 55.4. The number of unbranched alkanes of at least 4 members (excludes halogenated alkanes) is 2. The van der Waals surface area contributed by atoms with Crippen molar-refractivity contribution in [2.45, 2.75) is 104 Å². The molecule has 2 saturated heterocycles. The van der Waals surface area contributed by atoms with Crippen LogP contribution < -0.4 is 25.2 Å². The number of thiocarbonyl (C=S) groups is 1. The Hall–Kier alpha value is -7.03. The van der Waals surface area contributed by atoms with Gasteiger partial charge in [-0.05, 0) is 106 Å². The summed E-state index contributed by atoms with van der Waals surface area (Å²) in [6.07, 6.45) is -1.93. The summed E-state index contributed by atoms with van der Waals surface area (Å²) in [4.78, 5) is 66.4. The van der Waals surface area contributed by atoms with E-state index in [4.69, 9.17) is 27.0 Å². The molecule has 7 rings (SSSR count). The predicted molar refractivity (Wildman–Crippen MR) is 273 cm³/mol. The van der Waals surface area contributed by atoms with E-state index in [0.717, 1.165) is 57.1 Å². The van der Waals surface area contributed by atoms with Gasteiger partial charge in [-0.15, -0.1) is 11.3 Å². The van der Waals surface area contributed by atoms with Gasteiger partial charge >= 0.3 is 6.18 Å². The number of nitrogens with one attached hydrogen (secondary N) is 2. The quantitative estimate of drug-likeness (QED) is 0.0487. The van der Waals surface area contributed by atoms with Gasteiger partial charge in [0, 0.05) is 31.3 Å². The number of anilines is 2. The molecule has 14 nitrogen and oxygen atoms in total. The van der Waals surface area contributed by atoms with E-state index >= 15 is 17.6 Å². The molecule has 2 aliphatic heterocycles. The van der Waals surface area contributed by atoms with Crippen molar-refractivity contribution in [2.75, 3.05) is 36.2 Å². The van der Waals surface area contributed by atoms with Gasteiger partial charge in [0.05, 0.1) is 51.9 Å². The summed E-state index contributed by atoms with van der Waals surface area (Å²) in [5, 5.41) is 14.4. The Morgan fingerprint density at radius 1 is 0.947 bits per heavy atom. The van der Waals surface area contributed by atoms with Crippen molar-refractivity contribution < 1.29 is 59.4 Å². The van der Waals surface area contributed by atoms with Crippen molar-refractivity contribution in [1.82, 2.24) is 25.5 Å². The minimum absolute atomic E-state index is 0.119. The van der Waals surface area contributed by atoms with Gasteiger partial charge in [0.25, 0.3) is 5.91 Å². The second kappa shape index (κ2) is 23.1. The Morgan fingerprint density at radius 2 is 1.63 bits per heavy atom. The number of alkyl halides is 3. The van der Waals surface area contributed by atoms with E-state index in [1.165, 1.54) is 24.8 Å². The van der Waals surface area contributed by atoms with Crippen LogP contribution in [0.25, 0.3) is 21.7 Å². The number of amides is 4. The van der Waals surface area contributed by atoms with E-state index in [1.807, 2.05) is 52.0 Å². The van der Waals surface area contributed by atoms with Gasteiger partial charge < -0.3 is 29.9 Å². The fraction of sp³-hybridized carbons (Fsp3) is 0.396. The van der Waals surface area contributed by atoms with Crippen LogP contribution >= 0.6 is 23.6 Å². The normalized spacial score (nSPS) is 16.0. The van der Waals surface area contributed by atoms with Crippen LogP contribution in [0.2, 0.25) is 0 Å². The molecule has 3 aromatic carbocycles. The molecule has 0 radical (unpaired) electrons. The maximum absolute atomic E-state index is 15.8. The lowest BCUT2D eigenvalue weighted by Crippen LogP contribution is -2.58. The molecule has 0 spiro atoms. The minimum atomic E-state index is -5.30. The van der Waals surface area contributed by atoms with E-state index in [-0.39, 0.29) is 49.4 Å². The maximum atomic E-state index is 15.8. The number of benzene rings is 3. The Bertz CT molecular complexity index is 3060. The minimum Gasteiger partial charge on any atom is -0.488 e. The van der Waals surface area contributed by atoms with Crippen LogP contribution in [0, 0.1) is 46.9 Å². The zero-order valence-electron chi connectivity index (χ0n) is 42.2. The highest BCUT2D eigenvalue weighted by Crippen LogP contribution is 2.43. The standard InChI is InChI=1S/C53H53F7N8O6S2/c1-29-45(76-28-64-29)31-14-12-30(13-15-31)25-63-47(70)39-11-10-18-66(39)48(71)46(51(2,3)4)65-40(69)27-73-19-8-7-9-20-74-44-36(55)21-33(22-37(44)56)43-35(54)23-34(26-62-43)68-50(75)67(49(72)52(68,5)6)38-17-16-32(24-61)41(42(38)57)53(58,59)60/h12-17,21-23,26,28,39,46H,7-11,18-20,25,27H2,1-6H3,(H,63,70)(H,65,69). The van der Waals surface area contributed by atoms with Crippen molar-refractivity contribution in [3.05, 3.63) is 112 Å². The number of hydrogen-bond donors (Lipinski definition) is 2. The number of carbonyl (C=O) groups excluding carboxylic acids is 4. The van der Waals surface area contributed by atoms with Crippen LogP contribution in [0.3, 0.4) is 0 Å². The predicted octanol–water partition coefficient (Wildman–Crippen LogP) is 9.95. The van der Waals surface area contributed by atoms with E-state index in [0.29, 0.717) is 49.6 Å². The number of likely N-dealkylation sites (tertiary alicyclic amines) is 1. The van der Waals surface area contributed by atoms with Crippen molar-refractivity contribution in [3.8, 4) is 33.5 Å². The molecule has 2 atom stereocenters. The Kier molecular flexibility index (Phi) is 17.2. The van der Waals surface area contributed by atoms with Gasteiger partial charge in [-0.2, -0.15) is 18.4 Å². The first kappa shape index (κ1) is 56.7. The molecular formula is C53H53F7N8O6S2. The number of carbonyl (C=O) groups is 4. The first-order valence-electron chi connectivity index (χ1n) is 24.1. The fourth-order valence-corrected chi connectivity index (χ4v) is 10.3. The highest BCUT2D eigenvalue weighted by Gasteiger charge is 2.52. The maximum Gasteiger partial charge on any atom is 0.420 e. The molecule has 2 fully saturated rings. The van der Waals surface area contributed by atoms with Crippen molar-refractivity contribution >= 4 is 63.7 Å². The molecule has 0 bridgehead atoms. The number of hydrogen-bond acceptors (Lipinski definition) is 11. The number of pyridine rings is 1. The van der Waals surface area contributed by atoms with E-state index < -0.39 is 97.7 Å². The molecule has 4 amide bonds. The molecular weight excluding hydrogens is 1040 g/mol. The fourth-order valence-electron chi connectivity index (χ4n) is 8.95. The summed E-state index contributed by atoms with van der Waals surface area (Å²) in [7, 11) is 0. The van der Waals surface area contributed by atoms with E-state index in [1.54, 1.807) is 16.8 Å². The van der Waals surface area contributed by atoms with Crippen LogP contribution in [0.15, 0.2) is 66.3 Å². The zero-order valence-corrected chi connectivity index (χ0v) is 43.8. The smallest absolute Gasteiger partial charge is 0.420 e. The lowest BCUT2D eigenvalue weighted by Gasteiger charge is -2.35. The monoisotopic (exact) mass is 1090 g/mol. The average Bonchev–Trinajstić information content (AvgIpc) is 4.12. The van der Waals surface area contributed by atoms with Crippen molar-refractivity contribution in [3.63, 3.8) is 0 Å². The van der Waals surface area contributed by atoms with Gasteiger partial charge in [-0.1, -0.05) is 45.0 Å². The van der Waals surface area contributed by atoms with Crippen LogP contribution in [-0.4, -0.2) is 87.6 Å². The Morgan fingerprint density at radius 3 is 2.25 bits per heavy atom. The lowest BCUT2D eigenvalue weighted by atomic mass is 9.85. The molecule has 2 unspecified atom stereocenters. The molecule has 5 aromatic rings. The molecule has 2 aromatic heterocycles. The van der Waals surface area contributed by atoms with Gasteiger partial charge in [0.15, 0.2) is 34.1 Å². The highest BCUT2D eigenvalue weighted by atomic mass is 32.1. The summed E-state index contributed by atoms with van der Waals surface area (Å²) in [5.41, 5.74) is -2.60. The first-order valence-corrected chi connectivity index (χ1v) is 25.3. The Labute approximate surface area is 443 Å². The number of halogens is 7. The topological polar surface area (TPSA) is 170 Å². The molecule has 4 heterocycles. The number of ether oxygens (including phenoxy) is 2. The van der Waals surface area contributed by atoms with Gasteiger partial charge in [0.1, 0.15) is 35.5 Å². The van der Waals surface area contributed by atoms with Crippen LogP contribution in [0.4, 0.5) is 42.1 Å². The van der Waals surface area contributed by atoms with Crippen LogP contribution in [0.1, 0.15) is 89.1 Å². The summed E-state index contributed by atoms with van der Waals surface area (Å²) in [5.74, 6) is -8.28. The molecule has 76 heavy (non-hydrogen) atoms. The van der Waals surface area contributed by atoms with Crippen LogP contribution in [0.5, 0.6) is 5.75 Å². The summed E-state index contributed by atoms with van der Waals surface area (Å²) in [6.45, 7) is 10.3. The third-order valence-corrected chi connectivity index (χ3v) is 14.2. The number of nitrogens with zero attached hydrogens (tertiary/aromatic N) is 6. The number of nitriles is 1. The summed E-state index contributed by atoms with van der Waals surface area (Å²) >= 11 is 6.95. The third-order valence-electron chi connectivity index (χ3n) is 12.9. The van der Waals surface area contributed by atoms with E-state index in [2.05, 4.69) is 20.6 Å². The molecule has 0 aliphatic carbocycles. The lowest BCUT2D eigenvalue weighted by molar-refractivity contribution is -0.144. The second-order valence-corrected chi connectivity index (χ2v) is 21.0. The number of thiazole rings is 1. The van der Waals surface area contributed by atoms with Gasteiger partial charge in [-0.25, -0.2) is 22.5 Å². The van der Waals surface area contributed by atoms with Crippen LogP contribution in [-0.2, 0) is 36.6 Å². The summed E-state index contributed by atoms with van der Waals surface area (Å²) in [6, 6.07) is 11.4. The average molecular weight is 1100 g/mol. The van der Waals surface area contributed by atoms with Crippen molar-refractivity contribution in [2.24, 2.45) is 5.41 Å². The largest absolute Gasteiger partial charge is 0.488 e. The highest BCUT2D eigenvalue weighted by molar-refractivity contribution is 7.81. The number of aryl methyl sites for hydroxylation is 1. The first-order chi connectivity index (χ1) is 35.8. The molecule has 2 aliphatic rings. The Balaban J connectivity index is 0.863. The SMILES string of the molecule is Cc1ncsc1-c1ccc(CNC(=O)C2CCCN2C(=O)C(NC(=O)COCCCCCOc2c(F)cc(-c3ncc(N4C(=S)N(c5ccc(C#N)c(C(F)(F)F)c5F)C(=O)C4(C)C)cc3F)cc2F)C(C)(C)C)cc1. The summed E-state index contributed by atoms with van der Waals surface area (Å²) < 4.78 is 114. The van der Waals surface area contributed by atoms with E-state index in [9.17, 15) is 32.3 Å². The van der Waals surface area contributed by atoms with Gasteiger partial charge in [-0.3, -0.25) is 29.1 Å². The molecule has 0 saturated carbocycles. The molecule has 2 N–H and O–H groups in total. The molecule has 23 heteroatoms. The number of aromatic nitrogens is 2. The molecule has 402 valence electrons. The van der Waals surface area contributed by atoms with Crippen molar-refractivity contribution in [1.29, 1.82) is 5.26 Å². The van der Waals surface area contributed by atoms with Gasteiger partial charge in [0.2, 0.25) is 17.7 Å².